The lowest BCUT2D eigenvalue weighted by Gasteiger charge is -2.53. The molecule has 1 unspecified atom stereocenters. The van der Waals surface area contributed by atoms with Gasteiger partial charge in [0.1, 0.15) is 0 Å². The van der Waals surface area contributed by atoms with Crippen molar-refractivity contribution in [3.63, 3.8) is 0 Å². The molecule has 2 N–H and O–H groups in total. The number of aliphatic hydroxyl groups is 2. The first kappa shape index (κ1) is 27.0. The van der Waals surface area contributed by atoms with Gasteiger partial charge < -0.3 is 10.2 Å². The molecule has 0 spiro atoms. The van der Waals surface area contributed by atoms with E-state index < -0.39 is 0 Å². The van der Waals surface area contributed by atoms with E-state index in [-0.39, 0.29) is 0 Å². The maximum atomic E-state index is 8.95. The maximum absolute atomic E-state index is 8.95. The highest BCUT2D eigenvalue weighted by atomic mass is 16.3. The Labute approximate surface area is 183 Å². The van der Waals surface area contributed by atoms with Crippen LogP contribution >= 0.6 is 0 Å². The second kappa shape index (κ2) is 16.6. The van der Waals surface area contributed by atoms with Crippen molar-refractivity contribution < 1.29 is 10.2 Å². The fraction of sp³-hybridized carbons (Fsp3) is 1.00. The monoisotopic (exact) mass is 410 g/mol. The summed E-state index contributed by atoms with van der Waals surface area (Å²) in [7, 11) is 0. The predicted octanol–water partition coefficient (Wildman–Crippen LogP) is 8.19. The summed E-state index contributed by atoms with van der Waals surface area (Å²) in [6.07, 6.45) is 28.2. The second-order valence-corrected chi connectivity index (χ2v) is 10.3. The van der Waals surface area contributed by atoms with E-state index in [0.717, 1.165) is 12.8 Å². The number of rotatable bonds is 19. The van der Waals surface area contributed by atoms with Gasteiger partial charge in [0.15, 0.2) is 0 Å². The van der Waals surface area contributed by atoms with Crippen LogP contribution in [-0.4, -0.2) is 23.4 Å². The first-order valence-corrected chi connectivity index (χ1v) is 13.4. The molecule has 0 heterocycles. The highest BCUT2D eigenvalue weighted by Gasteiger charge is 2.47. The Bertz CT molecular complexity index is 350. The summed E-state index contributed by atoms with van der Waals surface area (Å²) in [6.45, 7) is 5.73. The fourth-order valence-corrected chi connectivity index (χ4v) is 6.05. The van der Waals surface area contributed by atoms with E-state index in [1.54, 1.807) is 0 Å². The van der Waals surface area contributed by atoms with E-state index in [9.17, 15) is 0 Å². The molecule has 1 aliphatic rings. The van der Waals surface area contributed by atoms with Crippen LogP contribution in [0.15, 0.2) is 0 Å². The molecule has 0 amide bonds. The van der Waals surface area contributed by atoms with Crippen molar-refractivity contribution in [2.45, 2.75) is 149 Å². The molecule has 1 rings (SSSR count). The third-order valence-electron chi connectivity index (χ3n) is 8.12. The minimum atomic E-state index is 0.360. The van der Waals surface area contributed by atoms with Crippen LogP contribution in [0, 0.1) is 10.8 Å². The summed E-state index contributed by atoms with van der Waals surface area (Å²) in [5.74, 6) is 0. The molecule has 0 aromatic carbocycles. The Balaban J connectivity index is 2.56. The van der Waals surface area contributed by atoms with Crippen molar-refractivity contribution in [3.8, 4) is 0 Å². The van der Waals surface area contributed by atoms with E-state index in [2.05, 4.69) is 13.8 Å². The molecule has 1 fully saturated rings. The lowest BCUT2D eigenvalue weighted by molar-refractivity contribution is -0.0288. The van der Waals surface area contributed by atoms with Crippen LogP contribution < -0.4 is 0 Å². The minimum absolute atomic E-state index is 0.360. The van der Waals surface area contributed by atoms with Crippen LogP contribution in [0.4, 0.5) is 0 Å². The van der Waals surface area contributed by atoms with Gasteiger partial charge >= 0.3 is 0 Å². The topological polar surface area (TPSA) is 40.5 Å². The molecule has 0 aromatic heterocycles. The standard InChI is InChI=1S/C27H54O2/c1-3-4-19-26(2)20-15-16-23-27(26,21-13-9-5-7-11-17-24-28)22-14-10-6-8-12-18-25-29/h28-29H,3-25H2,1-2H3. The highest BCUT2D eigenvalue weighted by Crippen LogP contribution is 2.58. The zero-order chi connectivity index (χ0) is 21.3. The highest BCUT2D eigenvalue weighted by molar-refractivity contribution is 4.98. The molecule has 2 nitrogen and oxygen atoms in total. The number of hydrogen-bond donors (Lipinski definition) is 2. The number of aliphatic hydroxyl groups excluding tert-OH is 2. The van der Waals surface area contributed by atoms with E-state index in [0.29, 0.717) is 24.0 Å². The molecule has 0 saturated heterocycles. The Hall–Kier alpha value is -0.0800. The summed E-state index contributed by atoms with van der Waals surface area (Å²) in [5, 5.41) is 17.9. The van der Waals surface area contributed by atoms with Crippen molar-refractivity contribution in [1.29, 1.82) is 0 Å². The summed E-state index contributed by atoms with van der Waals surface area (Å²) in [5.41, 5.74) is 1.16. The molecule has 174 valence electrons. The predicted molar refractivity (Wildman–Crippen MR) is 127 cm³/mol. The third kappa shape index (κ3) is 10.2. The smallest absolute Gasteiger partial charge is 0.0431 e. The van der Waals surface area contributed by atoms with Crippen molar-refractivity contribution >= 4 is 0 Å². The van der Waals surface area contributed by atoms with Gasteiger partial charge in [0.2, 0.25) is 0 Å². The number of hydrogen-bond acceptors (Lipinski definition) is 2. The first-order valence-electron chi connectivity index (χ1n) is 13.4. The Morgan fingerprint density at radius 1 is 0.552 bits per heavy atom. The van der Waals surface area contributed by atoms with E-state index in [1.807, 2.05) is 0 Å². The van der Waals surface area contributed by atoms with E-state index in [1.165, 1.54) is 122 Å². The van der Waals surface area contributed by atoms with Gasteiger partial charge in [0, 0.05) is 13.2 Å². The Morgan fingerprint density at radius 3 is 1.48 bits per heavy atom. The molecule has 29 heavy (non-hydrogen) atoms. The zero-order valence-corrected chi connectivity index (χ0v) is 20.2. The van der Waals surface area contributed by atoms with Crippen LogP contribution in [-0.2, 0) is 0 Å². The normalized spacial score (nSPS) is 21.5. The number of unbranched alkanes of at least 4 members (excludes halogenated alkanes) is 11. The largest absolute Gasteiger partial charge is 0.396 e. The average molecular weight is 411 g/mol. The fourth-order valence-electron chi connectivity index (χ4n) is 6.05. The van der Waals surface area contributed by atoms with Gasteiger partial charge in [0.05, 0.1) is 0 Å². The van der Waals surface area contributed by atoms with Gasteiger partial charge in [-0.25, -0.2) is 0 Å². The van der Waals surface area contributed by atoms with Gasteiger partial charge in [0.25, 0.3) is 0 Å². The summed E-state index contributed by atoms with van der Waals surface area (Å²) in [6, 6.07) is 0. The molecule has 0 radical (unpaired) electrons. The molecule has 1 aliphatic carbocycles. The van der Waals surface area contributed by atoms with Gasteiger partial charge in [-0.3, -0.25) is 0 Å². The Kier molecular flexibility index (Phi) is 15.4. The summed E-state index contributed by atoms with van der Waals surface area (Å²) in [4.78, 5) is 0. The molecular formula is C27H54O2. The zero-order valence-electron chi connectivity index (χ0n) is 20.2. The van der Waals surface area contributed by atoms with Crippen molar-refractivity contribution in [2.75, 3.05) is 13.2 Å². The van der Waals surface area contributed by atoms with Crippen molar-refractivity contribution in [1.82, 2.24) is 0 Å². The van der Waals surface area contributed by atoms with E-state index >= 15 is 0 Å². The van der Waals surface area contributed by atoms with Crippen LogP contribution in [0.5, 0.6) is 0 Å². The minimum Gasteiger partial charge on any atom is -0.396 e. The third-order valence-corrected chi connectivity index (χ3v) is 8.12. The van der Waals surface area contributed by atoms with Gasteiger partial charge in [-0.2, -0.15) is 0 Å². The van der Waals surface area contributed by atoms with Crippen molar-refractivity contribution in [3.05, 3.63) is 0 Å². The molecular weight excluding hydrogens is 356 g/mol. The average Bonchev–Trinajstić information content (AvgIpc) is 2.73. The Morgan fingerprint density at radius 2 is 1.00 bits per heavy atom. The molecule has 0 aliphatic heterocycles. The van der Waals surface area contributed by atoms with Crippen LogP contribution in [0.1, 0.15) is 149 Å². The lowest BCUT2D eigenvalue weighted by atomic mass is 9.51. The van der Waals surface area contributed by atoms with Crippen molar-refractivity contribution in [2.24, 2.45) is 10.8 Å². The van der Waals surface area contributed by atoms with Crippen LogP contribution in [0.2, 0.25) is 0 Å². The molecule has 0 bridgehead atoms. The summed E-state index contributed by atoms with van der Waals surface area (Å²) >= 11 is 0. The van der Waals surface area contributed by atoms with Crippen LogP contribution in [0.25, 0.3) is 0 Å². The first-order chi connectivity index (χ1) is 14.1. The van der Waals surface area contributed by atoms with Crippen LogP contribution in [0.3, 0.4) is 0 Å². The quantitative estimate of drug-likeness (QED) is 0.211. The SMILES string of the molecule is CCCCC1(C)CCCCC1(CCCCCCCCO)CCCCCCCCO. The summed E-state index contributed by atoms with van der Waals surface area (Å²) < 4.78 is 0. The lowest BCUT2D eigenvalue weighted by Crippen LogP contribution is -2.43. The second-order valence-electron chi connectivity index (χ2n) is 10.3. The molecule has 2 heteroatoms. The maximum Gasteiger partial charge on any atom is 0.0431 e. The molecule has 0 aromatic rings. The van der Waals surface area contributed by atoms with E-state index in [4.69, 9.17) is 10.2 Å². The molecule has 1 saturated carbocycles. The van der Waals surface area contributed by atoms with Gasteiger partial charge in [-0.1, -0.05) is 104 Å². The van der Waals surface area contributed by atoms with Gasteiger partial charge in [-0.15, -0.1) is 0 Å². The van der Waals surface area contributed by atoms with Gasteiger partial charge in [-0.05, 0) is 55.8 Å². The molecule has 1 atom stereocenters.